The molecule has 0 aliphatic carbocycles. The van der Waals surface area contributed by atoms with E-state index in [4.69, 9.17) is 15.2 Å². The van der Waals surface area contributed by atoms with E-state index in [9.17, 15) is 22.5 Å². The maximum Gasteiger partial charge on any atom is 0.349 e. The van der Waals surface area contributed by atoms with Crippen molar-refractivity contribution in [2.24, 2.45) is 5.73 Å². The quantitative estimate of drug-likeness (QED) is 0.439. The van der Waals surface area contributed by atoms with Crippen LogP contribution in [0.25, 0.3) is 10.9 Å². The van der Waals surface area contributed by atoms with Crippen molar-refractivity contribution in [3.8, 4) is 17.2 Å². The fraction of sp³-hybridized carbons (Fsp3) is 0.227. The van der Waals surface area contributed by atoms with Crippen LogP contribution in [0.4, 0.5) is 15.0 Å². The largest absolute Gasteiger partial charge is 0.496 e. The van der Waals surface area contributed by atoms with Crippen LogP contribution in [0, 0.1) is 0 Å². The van der Waals surface area contributed by atoms with E-state index >= 15 is 0 Å². The molecule has 0 saturated heterocycles. The average Bonchev–Trinajstić information content (AvgIpc) is 2.78. The number of ether oxygens (including phenoxy) is 2. The summed E-state index contributed by atoms with van der Waals surface area (Å²) in [7, 11) is -1.81. The van der Waals surface area contributed by atoms with Crippen LogP contribution in [-0.2, 0) is 9.84 Å². The Morgan fingerprint density at radius 3 is 2.47 bits per heavy atom. The summed E-state index contributed by atoms with van der Waals surface area (Å²) in [6.45, 7) is -0.354. The Morgan fingerprint density at radius 1 is 1.15 bits per heavy atom. The first-order valence-electron chi connectivity index (χ1n) is 10.0. The maximum absolute atomic E-state index is 13.9. The number of urea groups is 1. The number of anilines is 1. The molecule has 1 heterocycles. The molecule has 2 aromatic carbocycles. The summed E-state index contributed by atoms with van der Waals surface area (Å²) in [5.74, 6) is 0.235. The van der Waals surface area contributed by atoms with E-state index in [1.807, 2.05) is 0 Å². The van der Waals surface area contributed by atoms with Gasteiger partial charge in [0.1, 0.15) is 27.1 Å². The van der Waals surface area contributed by atoms with Crippen LogP contribution >= 0.6 is 0 Å². The molecule has 0 unspecified atom stereocenters. The first kappa shape index (κ1) is 24.7. The van der Waals surface area contributed by atoms with E-state index in [2.05, 4.69) is 10.3 Å². The summed E-state index contributed by atoms with van der Waals surface area (Å²) in [5, 5.41) is 2.83. The molecule has 0 atom stereocenters. The summed E-state index contributed by atoms with van der Waals surface area (Å²) in [5.41, 5.74) is 6.45. The van der Waals surface area contributed by atoms with Gasteiger partial charge in [0.25, 0.3) is 5.91 Å². The topological polar surface area (TPSA) is 141 Å². The molecule has 0 spiro atoms. The van der Waals surface area contributed by atoms with Gasteiger partial charge in [0.15, 0.2) is 0 Å². The van der Waals surface area contributed by atoms with Gasteiger partial charge in [-0.15, -0.1) is 0 Å². The molecular weight excluding hydrogens is 467 g/mol. The van der Waals surface area contributed by atoms with Gasteiger partial charge in [0.2, 0.25) is 0 Å². The monoisotopic (exact) mass is 490 g/mol. The van der Waals surface area contributed by atoms with Crippen LogP contribution < -0.4 is 20.5 Å². The third-order valence-electron chi connectivity index (χ3n) is 4.71. The molecule has 3 N–H and O–H groups in total. The zero-order valence-electron chi connectivity index (χ0n) is 18.4. The van der Waals surface area contributed by atoms with Gasteiger partial charge in [-0.2, -0.15) is 5.12 Å². The van der Waals surface area contributed by atoms with Crippen molar-refractivity contribution in [1.82, 2.24) is 10.1 Å². The zero-order valence-corrected chi connectivity index (χ0v) is 19.3. The number of nitrogens with zero attached hydrogens (tertiary/aromatic N) is 2. The highest BCUT2D eigenvalue weighted by atomic mass is 32.2. The number of methoxy groups -OCH3 is 1. The lowest BCUT2D eigenvalue weighted by atomic mass is 10.1. The molecule has 0 bridgehead atoms. The van der Waals surface area contributed by atoms with Gasteiger partial charge in [-0.05, 0) is 42.8 Å². The standard InChI is InChI=1S/C22H23FN4O6S/c1-32-20-13-18-16(12-17(20)21(24)28)19(8-9-25-18)33-15-6-4-14(5-7-15)26-22(29)27(23)10-3-11-34(2,30)31/h4-9,12-13H,3,10-11H2,1-2H3,(H2,24,28)(H,26,29). The van der Waals surface area contributed by atoms with Gasteiger partial charge in [-0.3, -0.25) is 9.78 Å². The second-order valence-electron chi connectivity index (χ2n) is 7.37. The first-order valence-corrected chi connectivity index (χ1v) is 12.1. The molecule has 1 aromatic heterocycles. The maximum atomic E-state index is 13.9. The summed E-state index contributed by atoms with van der Waals surface area (Å²) in [6, 6.07) is 9.87. The number of carbonyl (C=O) groups excluding carboxylic acids is 2. The van der Waals surface area contributed by atoms with Crippen molar-refractivity contribution in [2.45, 2.75) is 6.42 Å². The van der Waals surface area contributed by atoms with E-state index in [-0.39, 0.29) is 29.4 Å². The minimum absolute atomic E-state index is 0.0151. The fourth-order valence-electron chi connectivity index (χ4n) is 3.08. The minimum Gasteiger partial charge on any atom is -0.496 e. The Hall–Kier alpha value is -3.93. The number of halogens is 1. The zero-order chi connectivity index (χ0) is 24.9. The lowest BCUT2D eigenvalue weighted by Crippen LogP contribution is -2.29. The van der Waals surface area contributed by atoms with E-state index in [0.29, 0.717) is 33.8 Å². The van der Waals surface area contributed by atoms with Crippen LogP contribution in [0.1, 0.15) is 16.8 Å². The molecule has 3 rings (SSSR count). The number of primary amides is 1. The Bertz CT molecular complexity index is 1310. The number of pyridine rings is 1. The van der Waals surface area contributed by atoms with Crippen molar-refractivity contribution in [3.05, 3.63) is 54.2 Å². The Kier molecular flexibility index (Phi) is 7.51. The van der Waals surface area contributed by atoms with Gasteiger partial charge < -0.3 is 20.5 Å². The van der Waals surface area contributed by atoms with Crippen molar-refractivity contribution in [1.29, 1.82) is 0 Å². The third-order valence-corrected chi connectivity index (χ3v) is 5.74. The minimum atomic E-state index is -3.23. The molecule has 0 aliphatic rings. The smallest absolute Gasteiger partial charge is 0.349 e. The summed E-state index contributed by atoms with van der Waals surface area (Å²) in [4.78, 5) is 28.0. The number of sulfone groups is 1. The molecule has 0 fully saturated rings. The first-order chi connectivity index (χ1) is 16.1. The van der Waals surface area contributed by atoms with Gasteiger partial charge in [-0.25, -0.2) is 13.2 Å². The highest BCUT2D eigenvalue weighted by Gasteiger charge is 2.16. The molecule has 0 aliphatic heterocycles. The van der Waals surface area contributed by atoms with Crippen molar-refractivity contribution in [2.75, 3.05) is 31.0 Å². The predicted molar refractivity (Wildman–Crippen MR) is 124 cm³/mol. The van der Waals surface area contributed by atoms with Gasteiger partial charge >= 0.3 is 6.03 Å². The Morgan fingerprint density at radius 2 is 1.85 bits per heavy atom. The second-order valence-corrected chi connectivity index (χ2v) is 9.63. The molecule has 3 aromatic rings. The van der Waals surface area contributed by atoms with Crippen LogP contribution in [0.15, 0.2) is 48.7 Å². The number of amides is 3. The normalized spacial score (nSPS) is 11.1. The average molecular weight is 491 g/mol. The number of carbonyl (C=O) groups is 2. The number of nitrogens with one attached hydrogen (secondary N) is 1. The molecule has 0 saturated carbocycles. The van der Waals surface area contributed by atoms with Crippen LogP contribution in [0.2, 0.25) is 0 Å². The van der Waals surface area contributed by atoms with E-state index in [1.54, 1.807) is 24.3 Å². The molecule has 0 radical (unpaired) electrons. The van der Waals surface area contributed by atoms with Crippen LogP contribution in [0.3, 0.4) is 0 Å². The van der Waals surface area contributed by atoms with E-state index in [0.717, 1.165) is 6.26 Å². The number of nitrogens with two attached hydrogens (primary N) is 1. The van der Waals surface area contributed by atoms with Crippen molar-refractivity contribution >= 4 is 38.4 Å². The lowest BCUT2D eigenvalue weighted by molar-refractivity contribution is 0.0757. The number of aromatic nitrogens is 1. The highest BCUT2D eigenvalue weighted by molar-refractivity contribution is 7.90. The van der Waals surface area contributed by atoms with Gasteiger partial charge in [0.05, 0.1) is 30.5 Å². The fourth-order valence-corrected chi connectivity index (χ4v) is 3.74. The van der Waals surface area contributed by atoms with Crippen molar-refractivity contribution in [3.63, 3.8) is 0 Å². The van der Waals surface area contributed by atoms with E-state index in [1.165, 1.54) is 31.5 Å². The molecule has 3 amide bonds. The SMILES string of the molecule is COc1cc2nccc(Oc3ccc(NC(=O)N(F)CCCS(C)(=O)=O)cc3)c2cc1C(N)=O. The van der Waals surface area contributed by atoms with Gasteiger partial charge in [-0.1, -0.05) is 4.48 Å². The number of rotatable bonds is 9. The summed E-state index contributed by atoms with van der Waals surface area (Å²) in [6.07, 6.45) is 2.57. The number of hydrogen-bond acceptors (Lipinski definition) is 7. The molecule has 34 heavy (non-hydrogen) atoms. The summed E-state index contributed by atoms with van der Waals surface area (Å²) >= 11 is 0. The highest BCUT2D eigenvalue weighted by Crippen LogP contribution is 2.33. The Labute approximate surface area is 195 Å². The van der Waals surface area contributed by atoms with E-state index < -0.39 is 21.8 Å². The number of benzene rings is 2. The molecular formula is C22H23FN4O6S. The Balaban J connectivity index is 1.70. The van der Waals surface area contributed by atoms with Crippen LogP contribution in [0.5, 0.6) is 17.2 Å². The number of hydrogen-bond donors (Lipinski definition) is 2. The molecule has 180 valence electrons. The van der Waals surface area contributed by atoms with Crippen molar-refractivity contribution < 1.29 is 32.0 Å². The second kappa shape index (κ2) is 10.3. The third kappa shape index (κ3) is 6.32. The summed E-state index contributed by atoms with van der Waals surface area (Å²) < 4.78 is 47.2. The van der Waals surface area contributed by atoms with Gasteiger partial charge in [0, 0.05) is 29.6 Å². The predicted octanol–water partition coefficient (Wildman–Crippen LogP) is 3.29. The molecule has 10 nitrogen and oxygen atoms in total. The molecule has 12 heteroatoms. The van der Waals surface area contributed by atoms with Crippen LogP contribution in [-0.4, -0.2) is 56.1 Å². The lowest BCUT2D eigenvalue weighted by Gasteiger charge is -2.14. The number of fused-ring (bicyclic) bond motifs is 1.